The van der Waals surface area contributed by atoms with E-state index in [4.69, 9.17) is 14.2 Å². The second-order valence-electron chi connectivity index (χ2n) is 7.68. The van der Waals surface area contributed by atoms with Gasteiger partial charge in [-0.25, -0.2) is 0 Å². The number of rotatable bonds is 14. The van der Waals surface area contributed by atoms with Gasteiger partial charge in [-0.3, -0.25) is 9.59 Å². The Morgan fingerprint density at radius 2 is 1.55 bits per heavy atom. The maximum atomic E-state index is 12.6. The van der Waals surface area contributed by atoms with Gasteiger partial charge in [-0.05, 0) is 61.8 Å². The predicted molar refractivity (Wildman–Crippen MR) is 121 cm³/mol. The number of carbonyl (C=O) groups excluding carboxylic acids is 2. The third-order valence-electron chi connectivity index (χ3n) is 5.13. The number of carbonyl (C=O) groups is 2. The number of hydrogen-bond donors (Lipinski definition) is 0. The van der Waals surface area contributed by atoms with E-state index in [0.717, 1.165) is 56.4 Å². The fourth-order valence-electron chi connectivity index (χ4n) is 3.29. The Morgan fingerprint density at radius 3 is 2.23 bits per heavy atom. The lowest BCUT2D eigenvalue weighted by molar-refractivity contribution is -0.169. The van der Waals surface area contributed by atoms with Crippen molar-refractivity contribution < 1.29 is 23.8 Å². The Morgan fingerprint density at radius 1 is 0.839 bits per heavy atom. The molecule has 0 aliphatic rings. The summed E-state index contributed by atoms with van der Waals surface area (Å²) in [6.07, 6.45) is 6.14. The third-order valence-corrected chi connectivity index (χ3v) is 5.13. The highest BCUT2D eigenvalue weighted by Gasteiger charge is 2.20. The second kappa shape index (κ2) is 14.2. The lowest BCUT2D eigenvalue weighted by Gasteiger charge is -2.16. The monoisotopic (exact) mass is 426 g/mol. The standard InChI is InChI=1S/C26H34O5/c1-3-4-19-29-25-17-14-23(15-18-25)13-16-24(26(28)31-20-30-21(2)27)12-8-11-22-9-6-5-7-10-22/h5-7,9-10,14-15,17-18,24H,3-4,8,11-13,16,19-20H2,1-2H3. The first-order chi connectivity index (χ1) is 15.1. The molecule has 1 unspecified atom stereocenters. The van der Waals surface area contributed by atoms with E-state index in [2.05, 4.69) is 19.1 Å². The fourth-order valence-corrected chi connectivity index (χ4v) is 3.29. The summed E-state index contributed by atoms with van der Waals surface area (Å²) in [6.45, 7) is 3.83. The van der Waals surface area contributed by atoms with E-state index in [0.29, 0.717) is 6.42 Å². The van der Waals surface area contributed by atoms with Crippen molar-refractivity contribution >= 4 is 11.9 Å². The number of aryl methyl sites for hydroxylation is 2. The van der Waals surface area contributed by atoms with Crippen molar-refractivity contribution in [3.63, 3.8) is 0 Å². The maximum Gasteiger partial charge on any atom is 0.311 e. The molecule has 2 aromatic rings. The normalized spacial score (nSPS) is 11.5. The van der Waals surface area contributed by atoms with Crippen LogP contribution in [-0.2, 0) is 31.9 Å². The Kier molecular flexibility index (Phi) is 11.2. The van der Waals surface area contributed by atoms with E-state index < -0.39 is 5.97 Å². The number of hydrogen-bond acceptors (Lipinski definition) is 5. The van der Waals surface area contributed by atoms with Crippen molar-refractivity contribution in [2.45, 2.75) is 58.8 Å². The summed E-state index contributed by atoms with van der Waals surface area (Å²) in [5.41, 5.74) is 2.41. The minimum absolute atomic E-state index is 0.236. The molecule has 0 bridgehead atoms. The highest BCUT2D eigenvalue weighted by atomic mass is 16.7. The zero-order chi connectivity index (χ0) is 22.3. The lowest BCUT2D eigenvalue weighted by atomic mass is 9.93. The molecule has 31 heavy (non-hydrogen) atoms. The van der Waals surface area contributed by atoms with Gasteiger partial charge in [-0.2, -0.15) is 0 Å². The van der Waals surface area contributed by atoms with Crippen molar-refractivity contribution in [1.29, 1.82) is 0 Å². The molecule has 2 rings (SSSR count). The molecule has 0 saturated heterocycles. The van der Waals surface area contributed by atoms with Gasteiger partial charge in [0.1, 0.15) is 5.75 Å². The van der Waals surface area contributed by atoms with Crippen LogP contribution in [0.3, 0.4) is 0 Å². The SMILES string of the molecule is CCCCOc1ccc(CCC(CCCc2ccccc2)C(=O)OCOC(C)=O)cc1. The summed E-state index contributed by atoms with van der Waals surface area (Å²) >= 11 is 0. The van der Waals surface area contributed by atoms with Gasteiger partial charge in [0, 0.05) is 6.92 Å². The number of benzene rings is 2. The first-order valence-electron chi connectivity index (χ1n) is 11.1. The number of unbranched alkanes of at least 4 members (excludes halogenated alkanes) is 1. The van der Waals surface area contributed by atoms with E-state index in [1.54, 1.807) is 0 Å². The molecule has 0 aromatic heterocycles. The van der Waals surface area contributed by atoms with Gasteiger partial charge in [-0.1, -0.05) is 55.8 Å². The largest absolute Gasteiger partial charge is 0.494 e. The molecule has 5 nitrogen and oxygen atoms in total. The molecule has 168 valence electrons. The topological polar surface area (TPSA) is 61.8 Å². The van der Waals surface area contributed by atoms with E-state index in [1.807, 2.05) is 42.5 Å². The molecule has 0 spiro atoms. The molecule has 0 fully saturated rings. The molecule has 0 radical (unpaired) electrons. The third kappa shape index (κ3) is 10.2. The van der Waals surface area contributed by atoms with Gasteiger partial charge in [0.2, 0.25) is 6.79 Å². The minimum Gasteiger partial charge on any atom is -0.494 e. The predicted octanol–water partition coefficient (Wildman–Crippen LogP) is 5.50. The van der Waals surface area contributed by atoms with Gasteiger partial charge < -0.3 is 14.2 Å². The van der Waals surface area contributed by atoms with Crippen molar-refractivity contribution in [2.24, 2.45) is 5.92 Å². The van der Waals surface area contributed by atoms with Crippen LogP contribution in [-0.4, -0.2) is 25.3 Å². The molecule has 1 atom stereocenters. The molecular formula is C26H34O5. The highest BCUT2D eigenvalue weighted by molar-refractivity contribution is 5.72. The van der Waals surface area contributed by atoms with Gasteiger partial charge in [0.25, 0.3) is 0 Å². The molecule has 0 N–H and O–H groups in total. The van der Waals surface area contributed by atoms with Crippen LogP contribution in [0.4, 0.5) is 0 Å². The highest BCUT2D eigenvalue weighted by Crippen LogP contribution is 2.20. The van der Waals surface area contributed by atoms with Crippen molar-refractivity contribution in [2.75, 3.05) is 13.4 Å². The molecule has 0 aliphatic carbocycles. The maximum absolute atomic E-state index is 12.6. The van der Waals surface area contributed by atoms with Crippen molar-refractivity contribution in [3.8, 4) is 5.75 Å². The van der Waals surface area contributed by atoms with Gasteiger partial charge in [0.05, 0.1) is 12.5 Å². The average Bonchev–Trinajstić information content (AvgIpc) is 2.77. The molecule has 2 aromatic carbocycles. The van der Waals surface area contributed by atoms with Gasteiger partial charge >= 0.3 is 11.9 Å². The Labute approximate surface area is 185 Å². The van der Waals surface area contributed by atoms with E-state index in [9.17, 15) is 9.59 Å². The summed E-state index contributed by atoms with van der Waals surface area (Å²) in [7, 11) is 0. The zero-order valence-corrected chi connectivity index (χ0v) is 18.7. The number of ether oxygens (including phenoxy) is 3. The summed E-state index contributed by atoms with van der Waals surface area (Å²) < 4.78 is 15.6. The Hall–Kier alpha value is -2.82. The molecule has 0 saturated carbocycles. The van der Waals surface area contributed by atoms with E-state index in [1.165, 1.54) is 12.5 Å². The quantitative estimate of drug-likeness (QED) is 0.227. The van der Waals surface area contributed by atoms with Gasteiger partial charge in [-0.15, -0.1) is 0 Å². The number of esters is 2. The van der Waals surface area contributed by atoms with Crippen LogP contribution < -0.4 is 4.74 Å². The van der Waals surface area contributed by atoms with Crippen molar-refractivity contribution in [1.82, 2.24) is 0 Å². The molecule has 0 aliphatic heterocycles. The molecule has 5 heteroatoms. The van der Waals surface area contributed by atoms with Gasteiger partial charge in [0.15, 0.2) is 0 Å². The van der Waals surface area contributed by atoms with Crippen LogP contribution in [0.5, 0.6) is 5.75 Å². The second-order valence-corrected chi connectivity index (χ2v) is 7.68. The van der Waals surface area contributed by atoms with Crippen LogP contribution >= 0.6 is 0 Å². The first-order valence-corrected chi connectivity index (χ1v) is 11.1. The molecular weight excluding hydrogens is 392 g/mol. The summed E-state index contributed by atoms with van der Waals surface area (Å²) in [5, 5.41) is 0. The fraction of sp³-hybridized carbons (Fsp3) is 0.462. The van der Waals surface area contributed by atoms with E-state index >= 15 is 0 Å². The average molecular weight is 427 g/mol. The summed E-state index contributed by atoms with van der Waals surface area (Å²) in [5.74, 6) is -0.138. The minimum atomic E-state index is -0.463. The Bertz CT molecular complexity index is 770. The summed E-state index contributed by atoms with van der Waals surface area (Å²) in [6, 6.07) is 18.3. The van der Waals surface area contributed by atoms with Crippen LogP contribution in [0.1, 0.15) is 57.1 Å². The summed E-state index contributed by atoms with van der Waals surface area (Å²) in [4.78, 5) is 23.5. The van der Waals surface area contributed by atoms with Crippen LogP contribution in [0, 0.1) is 5.92 Å². The van der Waals surface area contributed by atoms with E-state index in [-0.39, 0.29) is 18.7 Å². The van der Waals surface area contributed by atoms with Crippen LogP contribution in [0.15, 0.2) is 54.6 Å². The Balaban J connectivity index is 1.87. The van der Waals surface area contributed by atoms with Crippen molar-refractivity contribution in [3.05, 3.63) is 65.7 Å². The zero-order valence-electron chi connectivity index (χ0n) is 18.7. The lowest BCUT2D eigenvalue weighted by Crippen LogP contribution is -2.21. The molecule has 0 heterocycles. The van der Waals surface area contributed by atoms with Crippen LogP contribution in [0.25, 0.3) is 0 Å². The smallest absolute Gasteiger partial charge is 0.311 e. The first kappa shape index (κ1) is 24.4. The molecule has 0 amide bonds. The van der Waals surface area contributed by atoms with Crippen LogP contribution in [0.2, 0.25) is 0 Å².